The molecule has 3 aromatic heterocycles. The maximum Gasteiger partial charge on any atom is 0.202 e. The summed E-state index contributed by atoms with van der Waals surface area (Å²) in [5.41, 5.74) is 9.38. The molecule has 1 saturated carbocycles. The van der Waals surface area contributed by atoms with Gasteiger partial charge >= 0.3 is 0 Å². The highest BCUT2D eigenvalue weighted by molar-refractivity contribution is 5.82. The Morgan fingerprint density at radius 3 is 2.63 bits per heavy atom. The van der Waals surface area contributed by atoms with E-state index in [0.717, 1.165) is 24.7 Å². The quantitative estimate of drug-likeness (QED) is 0.493. The smallest absolute Gasteiger partial charge is 0.202 e. The number of pyridine rings is 1. The summed E-state index contributed by atoms with van der Waals surface area (Å²) < 4.78 is 29.9. The maximum absolute atomic E-state index is 14.6. The molecule has 0 atom stereocenters. The third-order valence-corrected chi connectivity index (χ3v) is 5.30. The molecule has 0 amide bonds. The summed E-state index contributed by atoms with van der Waals surface area (Å²) in [6.45, 7) is 4.89. The van der Waals surface area contributed by atoms with Crippen molar-refractivity contribution in [2.75, 3.05) is 5.73 Å². The molecule has 0 bridgehead atoms. The number of H-pyrrole nitrogens is 1. The Bertz CT molecular complexity index is 1250. The zero-order valence-electron chi connectivity index (χ0n) is 16.8. The predicted molar refractivity (Wildman–Crippen MR) is 112 cm³/mol. The molecule has 1 aromatic carbocycles. The highest BCUT2D eigenvalue weighted by Gasteiger charge is 2.29. The predicted octanol–water partition coefficient (Wildman–Crippen LogP) is 4.88. The summed E-state index contributed by atoms with van der Waals surface area (Å²) in [6, 6.07) is 7.21. The third-order valence-electron chi connectivity index (χ3n) is 5.30. The molecule has 8 heteroatoms. The van der Waals surface area contributed by atoms with Crippen LogP contribution in [0.3, 0.4) is 0 Å². The van der Waals surface area contributed by atoms with Crippen molar-refractivity contribution >= 4 is 17.1 Å². The highest BCUT2D eigenvalue weighted by Crippen LogP contribution is 2.42. The van der Waals surface area contributed by atoms with Gasteiger partial charge in [0.15, 0.2) is 5.65 Å². The average Bonchev–Trinajstić information content (AvgIpc) is 3.38. The molecule has 0 saturated heterocycles. The number of anilines is 1. The normalized spacial score (nSPS) is 14.2. The van der Waals surface area contributed by atoms with E-state index in [2.05, 4.69) is 28.8 Å². The first kappa shape index (κ1) is 18.7. The van der Waals surface area contributed by atoms with E-state index >= 15 is 0 Å². The zero-order valence-corrected chi connectivity index (χ0v) is 16.8. The van der Waals surface area contributed by atoms with E-state index in [1.165, 1.54) is 12.1 Å². The summed E-state index contributed by atoms with van der Waals surface area (Å²) in [4.78, 5) is 17.2. The lowest BCUT2D eigenvalue weighted by molar-refractivity contribution is 0.535. The van der Waals surface area contributed by atoms with Crippen LogP contribution in [-0.4, -0.2) is 24.5 Å². The Hall–Kier alpha value is -3.29. The number of hydrogen-bond donors (Lipinski definition) is 2. The highest BCUT2D eigenvalue weighted by atomic mass is 19.1. The molecular weight excluding hydrogens is 386 g/mol. The van der Waals surface area contributed by atoms with Crippen molar-refractivity contribution in [2.45, 2.75) is 39.2 Å². The van der Waals surface area contributed by atoms with Gasteiger partial charge in [0.25, 0.3) is 0 Å². The number of imidazole rings is 2. The van der Waals surface area contributed by atoms with Gasteiger partial charge < -0.3 is 10.7 Å². The molecule has 0 radical (unpaired) electrons. The number of aromatic amines is 1. The molecule has 3 N–H and O–H groups in total. The molecular formula is C22H22F2N6. The molecule has 1 fully saturated rings. The number of rotatable bonds is 5. The summed E-state index contributed by atoms with van der Waals surface area (Å²) in [5, 5.41) is 0. The Kier molecular flexibility index (Phi) is 4.30. The van der Waals surface area contributed by atoms with E-state index in [4.69, 9.17) is 10.7 Å². The first-order chi connectivity index (χ1) is 14.4. The topological polar surface area (TPSA) is 85.4 Å². The molecule has 4 aromatic rings. The van der Waals surface area contributed by atoms with Crippen molar-refractivity contribution in [3.8, 4) is 22.6 Å². The Morgan fingerprint density at radius 2 is 1.93 bits per heavy atom. The van der Waals surface area contributed by atoms with Gasteiger partial charge in [0.05, 0.1) is 11.4 Å². The van der Waals surface area contributed by atoms with Crippen LogP contribution in [0.25, 0.3) is 33.8 Å². The lowest BCUT2D eigenvalue weighted by Crippen LogP contribution is -2.08. The average molecular weight is 408 g/mol. The first-order valence-electron chi connectivity index (χ1n) is 10.1. The minimum atomic E-state index is -0.653. The van der Waals surface area contributed by atoms with Gasteiger partial charge in [0.1, 0.15) is 28.7 Å². The van der Waals surface area contributed by atoms with Crippen molar-refractivity contribution in [1.29, 1.82) is 0 Å². The first-order valence-corrected chi connectivity index (χ1v) is 10.1. The molecule has 30 heavy (non-hydrogen) atoms. The molecule has 3 heterocycles. The van der Waals surface area contributed by atoms with E-state index in [9.17, 15) is 8.78 Å². The van der Waals surface area contributed by atoms with Crippen LogP contribution in [0.1, 0.15) is 38.4 Å². The third kappa shape index (κ3) is 3.22. The molecule has 1 aliphatic rings. The van der Waals surface area contributed by atoms with Crippen LogP contribution in [0, 0.1) is 17.6 Å². The lowest BCUT2D eigenvalue weighted by atomic mass is 10.1. The minimum Gasteiger partial charge on any atom is -0.369 e. The van der Waals surface area contributed by atoms with Crippen LogP contribution in [0.5, 0.6) is 0 Å². The number of aromatic nitrogens is 5. The van der Waals surface area contributed by atoms with Crippen molar-refractivity contribution in [3.63, 3.8) is 0 Å². The number of nitrogens with two attached hydrogens (primary N) is 1. The second-order valence-corrected chi connectivity index (χ2v) is 8.26. The fourth-order valence-electron chi connectivity index (χ4n) is 3.71. The van der Waals surface area contributed by atoms with E-state index in [1.807, 2.05) is 16.7 Å². The molecule has 0 aliphatic heterocycles. The largest absolute Gasteiger partial charge is 0.369 e. The van der Waals surface area contributed by atoms with Crippen LogP contribution in [-0.2, 0) is 6.54 Å². The summed E-state index contributed by atoms with van der Waals surface area (Å²) in [5.74, 6) is 0.653. The number of nitrogens with one attached hydrogen (secondary N) is 1. The van der Waals surface area contributed by atoms with Crippen molar-refractivity contribution in [3.05, 3.63) is 47.8 Å². The van der Waals surface area contributed by atoms with Crippen LogP contribution >= 0.6 is 0 Å². The van der Waals surface area contributed by atoms with E-state index < -0.39 is 11.6 Å². The SMILES string of the molecule is CC(C)Cn1c(N)nc2ccc(-c3[nH]c(C4CC4)nc3-c3ccc(F)cc3F)nc21. The second-order valence-electron chi connectivity index (χ2n) is 8.26. The second kappa shape index (κ2) is 6.90. The molecule has 0 unspecified atom stereocenters. The fourth-order valence-corrected chi connectivity index (χ4v) is 3.71. The monoisotopic (exact) mass is 408 g/mol. The van der Waals surface area contributed by atoms with Gasteiger partial charge in [-0.05, 0) is 43.0 Å². The lowest BCUT2D eigenvalue weighted by Gasteiger charge is -2.09. The number of halogens is 2. The van der Waals surface area contributed by atoms with Gasteiger partial charge in [-0.15, -0.1) is 0 Å². The number of hydrogen-bond acceptors (Lipinski definition) is 4. The van der Waals surface area contributed by atoms with Crippen LogP contribution in [0.15, 0.2) is 30.3 Å². The fraction of sp³-hybridized carbons (Fsp3) is 0.318. The standard InChI is InChI=1S/C22H22F2N6/c1-11(2)10-30-21-17(27-22(30)25)8-7-16(26-21)19-18(28-20(29-19)12-3-4-12)14-6-5-13(23)9-15(14)24/h5-9,11-12H,3-4,10H2,1-2H3,(H2,25,27)(H,28,29). The zero-order chi connectivity index (χ0) is 21.0. The number of nitrogens with zero attached hydrogens (tertiary/aromatic N) is 4. The Labute approximate surface area is 172 Å². The van der Waals surface area contributed by atoms with Crippen molar-refractivity contribution < 1.29 is 8.78 Å². The van der Waals surface area contributed by atoms with Crippen LogP contribution < -0.4 is 5.73 Å². The minimum absolute atomic E-state index is 0.242. The van der Waals surface area contributed by atoms with Crippen molar-refractivity contribution in [1.82, 2.24) is 24.5 Å². The van der Waals surface area contributed by atoms with Gasteiger partial charge in [-0.1, -0.05) is 13.8 Å². The van der Waals surface area contributed by atoms with Crippen LogP contribution in [0.2, 0.25) is 0 Å². The van der Waals surface area contributed by atoms with Gasteiger partial charge in [0, 0.05) is 24.1 Å². The summed E-state index contributed by atoms with van der Waals surface area (Å²) >= 11 is 0. The molecule has 6 nitrogen and oxygen atoms in total. The number of nitrogen functional groups attached to an aromatic ring is 1. The van der Waals surface area contributed by atoms with Gasteiger partial charge in [-0.2, -0.15) is 0 Å². The molecule has 0 spiro atoms. The maximum atomic E-state index is 14.6. The Morgan fingerprint density at radius 1 is 1.13 bits per heavy atom. The summed E-state index contributed by atoms with van der Waals surface area (Å²) in [7, 11) is 0. The van der Waals surface area contributed by atoms with Gasteiger partial charge in [-0.3, -0.25) is 4.57 Å². The molecule has 5 rings (SSSR count). The van der Waals surface area contributed by atoms with E-state index in [0.29, 0.717) is 52.6 Å². The molecule has 1 aliphatic carbocycles. The van der Waals surface area contributed by atoms with Gasteiger partial charge in [0.2, 0.25) is 5.95 Å². The van der Waals surface area contributed by atoms with Crippen LogP contribution in [0.4, 0.5) is 14.7 Å². The van der Waals surface area contributed by atoms with Gasteiger partial charge in [-0.25, -0.2) is 23.7 Å². The number of fused-ring (bicyclic) bond motifs is 1. The van der Waals surface area contributed by atoms with Crippen molar-refractivity contribution in [2.24, 2.45) is 5.92 Å². The Balaban J connectivity index is 1.69. The molecule has 154 valence electrons. The summed E-state index contributed by atoms with van der Waals surface area (Å²) in [6.07, 6.45) is 2.09. The van der Waals surface area contributed by atoms with E-state index in [-0.39, 0.29) is 5.56 Å². The van der Waals surface area contributed by atoms with E-state index in [1.54, 1.807) is 0 Å². The number of benzene rings is 1.